The van der Waals surface area contributed by atoms with Crippen molar-refractivity contribution in [3.63, 3.8) is 0 Å². The van der Waals surface area contributed by atoms with Gasteiger partial charge in [-0.25, -0.2) is 0 Å². The number of carbonyl (C=O) groups is 1. The number of nitrogens with zero attached hydrogens (tertiary/aromatic N) is 2. The van der Waals surface area contributed by atoms with Crippen molar-refractivity contribution >= 4 is 27.5 Å². The first-order valence-corrected chi connectivity index (χ1v) is 8.71. The van der Waals surface area contributed by atoms with Crippen LogP contribution in [-0.2, 0) is 0 Å². The molecule has 1 saturated heterocycles. The number of aryl methyl sites for hydroxylation is 2. The van der Waals surface area contributed by atoms with Gasteiger partial charge in [0.25, 0.3) is 5.91 Å². The van der Waals surface area contributed by atoms with E-state index in [9.17, 15) is 4.79 Å². The molecule has 3 rings (SSSR count). The van der Waals surface area contributed by atoms with Crippen LogP contribution in [0.2, 0.25) is 0 Å². The predicted octanol–water partition coefficient (Wildman–Crippen LogP) is 4.03. The van der Waals surface area contributed by atoms with Crippen LogP contribution in [0, 0.1) is 13.8 Å². The molecule has 1 heterocycles. The first-order valence-electron chi connectivity index (χ1n) is 7.91. The first kappa shape index (κ1) is 16.1. The van der Waals surface area contributed by atoms with Crippen LogP contribution in [0.4, 0.5) is 5.69 Å². The average Bonchev–Trinajstić information content (AvgIpc) is 2.57. The van der Waals surface area contributed by atoms with Crippen LogP contribution < -0.4 is 4.90 Å². The second-order valence-electron chi connectivity index (χ2n) is 6.05. The highest BCUT2D eigenvalue weighted by Gasteiger charge is 2.22. The standard InChI is InChI=1S/C19H21BrN2O/c1-14-3-4-16(13-15(14)2)19(23)22-11-9-21(10-12-22)18-7-5-17(20)6-8-18/h3-8,13H,9-12H2,1-2H3. The fraction of sp³-hybridized carbons (Fsp3) is 0.316. The van der Waals surface area contributed by atoms with Crippen molar-refractivity contribution in [1.82, 2.24) is 4.90 Å². The Bertz CT molecular complexity index is 704. The van der Waals surface area contributed by atoms with Gasteiger partial charge in [-0.3, -0.25) is 4.79 Å². The Labute approximate surface area is 146 Å². The zero-order valence-electron chi connectivity index (χ0n) is 13.6. The van der Waals surface area contributed by atoms with Crippen molar-refractivity contribution in [3.05, 3.63) is 63.6 Å². The summed E-state index contributed by atoms with van der Waals surface area (Å²) in [6.45, 7) is 7.40. The first-order chi connectivity index (χ1) is 11.0. The van der Waals surface area contributed by atoms with Gasteiger partial charge in [0.05, 0.1) is 0 Å². The molecule has 2 aromatic carbocycles. The third-order valence-corrected chi connectivity index (χ3v) is 5.04. The fourth-order valence-corrected chi connectivity index (χ4v) is 3.14. The molecule has 0 saturated carbocycles. The second-order valence-corrected chi connectivity index (χ2v) is 6.97. The van der Waals surface area contributed by atoms with Crippen LogP contribution in [0.5, 0.6) is 0 Å². The summed E-state index contributed by atoms with van der Waals surface area (Å²) in [5, 5.41) is 0. The second kappa shape index (κ2) is 6.75. The van der Waals surface area contributed by atoms with Crippen LogP contribution >= 0.6 is 15.9 Å². The van der Waals surface area contributed by atoms with E-state index >= 15 is 0 Å². The number of anilines is 1. The summed E-state index contributed by atoms with van der Waals surface area (Å²) >= 11 is 3.46. The molecule has 3 nitrogen and oxygen atoms in total. The Hall–Kier alpha value is -1.81. The third kappa shape index (κ3) is 3.58. The van der Waals surface area contributed by atoms with E-state index < -0.39 is 0 Å². The van der Waals surface area contributed by atoms with Gasteiger partial charge in [-0.1, -0.05) is 22.0 Å². The monoisotopic (exact) mass is 372 g/mol. The average molecular weight is 373 g/mol. The molecule has 1 aliphatic rings. The van der Waals surface area contributed by atoms with Crippen molar-refractivity contribution in [3.8, 4) is 0 Å². The third-order valence-electron chi connectivity index (χ3n) is 4.51. The molecule has 1 amide bonds. The number of hydrogen-bond donors (Lipinski definition) is 0. The molecular weight excluding hydrogens is 352 g/mol. The van der Waals surface area contributed by atoms with Gasteiger partial charge in [-0.2, -0.15) is 0 Å². The van der Waals surface area contributed by atoms with Gasteiger partial charge in [0.15, 0.2) is 0 Å². The molecule has 0 unspecified atom stereocenters. The van der Waals surface area contributed by atoms with Crippen molar-refractivity contribution in [1.29, 1.82) is 0 Å². The normalized spacial score (nSPS) is 14.9. The molecule has 0 atom stereocenters. The number of hydrogen-bond acceptors (Lipinski definition) is 2. The predicted molar refractivity (Wildman–Crippen MR) is 98.2 cm³/mol. The van der Waals surface area contributed by atoms with E-state index in [0.29, 0.717) is 0 Å². The van der Waals surface area contributed by atoms with Crippen molar-refractivity contribution in [2.45, 2.75) is 13.8 Å². The highest BCUT2D eigenvalue weighted by atomic mass is 79.9. The van der Waals surface area contributed by atoms with Gasteiger partial charge in [0.2, 0.25) is 0 Å². The zero-order valence-corrected chi connectivity index (χ0v) is 15.1. The summed E-state index contributed by atoms with van der Waals surface area (Å²) < 4.78 is 1.09. The minimum Gasteiger partial charge on any atom is -0.368 e. The van der Waals surface area contributed by atoms with Crippen molar-refractivity contribution in [2.24, 2.45) is 0 Å². The minimum absolute atomic E-state index is 0.142. The summed E-state index contributed by atoms with van der Waals surface area (Å²) in [7, 11) is 0. The molecule has 4 heteroatoms. The molecule has 1 aliphatic heterocycles. The topological polar surface area (TPSA) is 23.6 Å². The lowest BCUT2D eigenvalue weighted by atomic mass is 10.1. The lowest BCUT2D eigenvalue weighted by Crippen LogP contribution is -2.48. The van der Waals surface area contributed by atoms with Gasteiger partial charge in [0.1, 0.15) is 0 Å². The zero-order chi connectivity index (χ0) is 16.4. The van der Waals surface area contributed by atoms with E-state index in [1.54, 1.807) is 0 Å². The minimum atomic E-state index is 0.142. The summed E-state index contributed by atoms with van der Waals surface area (Å²) in [4.78, 5) is 16.9. The summed E-state index contributed by atoms with van der Waals surface area (Å²) in [6, 6.07) is 14.3. The molecule has 2 aromatic rings. The fourth-order valence-electron chi connectivity index (χ4n) is 2.88. The quantitative estimate of drug-likeness (QED) is 0.794. The molecule has 0 aliphatic carbocycles. The SMILES string of the molecule is Cc1ccc(C(=O)N2CCN(c3ccc(Br)cc3)CC2)cc1C. The lowest BCUT2D eigenvalue weighted by Gasteiger charge is -2.36. The van der Waals surface area contributed by atoms with Crippen LogP contribution in [0.25, 0.3) is 0 Å². The number of amides is 1. The molecule has 0 aromatic heterocycles. The Kier molecular flexibility index (Phi) is 4.71. The summed E-state index contributed by atoms with van der Waals surface area (Å²) in [6.07, 6.45) is 0. The maximum atomic E-state index is 12.7. The number of rotatable bonds is 2. The highest BCUT2D eigenvalue weighted by Crippen LogP contribution is 2.20. The summed E-state index contributed by atoms with van der Waals surface area (Å²) in [5.41, 5.74) is 4.41. The van der Waals surface area contributed by atoms with Gasteiger partial charge >= 0.3 is 0 Å². The smallest absolute Gasteiger partial charge is 0.253 e. The van der Waals surface area contributed by atoms with E-state index in [1.165, 1.54) is 16.8 Å². The van der Waals surface area contributed by atoms with Crippen LogP contribution in [0.1, 0.15) is 21.5 Å². The molecule has 0 radical (unpaired) electrons. The maximum absolute atomic E-state index is 12.7. The van der Waals surface area contributed by atoms with Gasteiger partial charge in [-0.05, 0) is 61.4 Å². The number of carbonyl (C=O) groups excluding carboxylic acids is 1. The van der Waals surface area contributed by atoms with E-state index in [0.717, 1.165) is 36.2 Å². The van der Waals surface area contributed by atoms with Crippen LogP contribution in [0.15, 0.2) is 46.9 Å². The Morgan fingerprint density at radius 2 is 1.57 bits per heavy atom. The maximum Gasteiger partial charge on any atom is 0.253 e. The molecule has 23 heavy (non-hydrogen) atoms. The van der Waals surface area contributed by atoms with Crippen molar-refractivity contribution < 1.29 is 4.79 Å². The van der Waals surface area contributed by atoms with Crippen LogP contribution in [0.3, 0.4) is 0 Å². The molecule has 0 N–H and O–H groups in total. The van der Waals surface area contributed by atoms with E-state index in [2.05, 4.69) is 58.9 Å². The van der Waals surface area contributed by atoms with E-state index in [1.807, 2.05) is 23.1 Å². The Morgan fingerprint density at radius 1 is 0.913 bits per heavy atom. The van der Waals surface area contributed by atoms with Gasteiger partial charge in [-0.15, -0.1) is 0 Å². The summed E-state index contributed by atoms with van der Waals surface area (Å²) in [5.74, 6) is 0.142. The number of piperazine rings is 1. The number of halogens is 1. The van der Waals surface area contributed by atoms with E-state index in [4.69, 9.17) is 0 Å². The highest BCUT2D eigenvalue weighted by molar-refractivity contribution is 9.10. The number of benzene rings is 2. The van der Waals surface area contributed by atoms with Gasteiger partial charge < -0.3 is 9.80 Å². The lowest BCUT2D eigenvalue weighted by molar-refractivity contribution is 0.0746. The van der Waals surface area contributed by atoms with E-state index in [-0.39, 0.29) is 5.91 Å². The molecule has 0 spiro atoms. The largest absolute Gasteiger partial charge is 0.368 e. The molecule has 0 bridgehead atoms. The Morgan fingerprint density at radius 3 is 2.17 bits per heavy atom. The van der Waals surface area contributed by atoms with Gasteiger partial charge in [0, 0.05) is 41.9 Å². The molecule has 1 fully saturated rings. The van der Waals surface area contributed by atoms with Crippen LogP contribution in [-0.4, -0.2) is 37.0 Å². The molecular formula is C19H21BrN2O. The Balaban J connectivity index is 1.65. The molecule has 120 valence electrons. The van der Waals surface area contributed by atoms with Crippen molar-refractivity contribution in [2.75, 3.05) is 31.1 Å².